The summed E-state index contributed by atoms with van der Waals surface area (Å²) in [4.78, 5) is 0. The summed E-state index contributed by atoms with van der Waals surface area (Å²) in [6.45, 7) is 3.46. The van der Waals surface area contributed by atoms with Gasteiger partial charge in [0.05, 0.1) is 13.2 Å². The van der Waals surface area contributed by atoms with Gasteiger partial charge in [-0.25, -0.2) is 0 Å². The van der Waals surface area contributed by atoms with Gasteiger partial charge in [-0.1, -0.05) is 25.1 Å². The van der Waals surface area contributed by atoms with Crippen molar-refractivity contribution < 1.29 is 9.47 Å². The van der Waals surface area contributed by atoms with Crippen LogP contribution >= 0.6 is 0 Å². The highest BCUT2D eigenvalue weighted by molar-refractivity contribution is 5.35. The Hall–Kier alpha value is -1.06. The highest BCUT2D eigenvalue weighted by Gasteiger charge is 2.21. The van der Waals surface area contributed by atoms with Crippen molar-refractivity contribution in [1.29, 1.82) is 0 Å². The number of para-hydroxylation sites is 1. The van der Waals surface area contributed by atoms with Gasteiger partial charge in [0.25, 0.3) is 0 Å². The van der Waals surface area contributed by atoms with Crippen LogP contribution in [0.5, 0.6) is 5.75 Å². The molecule has 1 saturated heterocycles. The van der Waals surface area contributed by atoms with Crippen LogP contribution in [0.1, 0.15) is 24.9 Å². The van der Waals surface area contributed by atoms with E-state index in [4.69, 9.17) is 15.2 Å². The Bertz CT molecular complexity index is 323. The zero-order valence-electron chi connectivity index (χ0n) is 8.98. The fourth-order valence-electron chi connectivity index (χ4n) is 1.58. The van der Waals surface area contributed by atoms with E-state index >= 15 is 0 Å². The molecule has 0 aromatic heterocycles. The summed E-state index contributed by atoms with van der Waals surface area (Å²) in [7, 11) is 0. The second-order valence-corrected chi connectivity index (χ2v) is 3.83. The van der Waals surface area contributed by atoms with Gasteiger partial charge in [0, 0.05) is 11.6 Å². The maximum absolute atomic E-state index is 6.02. The number of hydrogen-bond donors (Lipinski definition) is 1. The van der Waals surface area contributed by atoms with E-state index in [2.05, 4.69) is 6.92 Å². The van der Waals surface area contributed by atoms with Crippen molar-refractivity contribution in [3.63, 3.8) is 0 Å². The number of benzene rings is 1. The molecule has 15 heavy (non-hydrogen) atoms. The van der Waals surface area contributed by atoms with Gasteiger partial charge < -0.3 is 15.2 Å². The van der Waals surface area contributed by atoms with E-state index in [0.717, 1.165) is 17.7 Å². The average molecular weight is 207 g/mol. The SMILES string of the molecule is CC[C@H](N)c1ccccc1OC1COC1. The van der Waals surface area contributed by atoms with E-state index < -0.39 is 0 Å². The third-order valence-corrected chi connectivity index (χ3v) is 2.66. The first-order chi connectivity index (χ1) is 7.31. The van der Waals surface area contributed by atoms with Crippen molar-refractivity contribution in [2.45, 2.75) is 25.5 Å². The van der Waals surface area contributed by atoms with Crippen LogP contribution in [0, 0.1) is 0 Å². The fraction of sp³-hybridized carbons (Fsp3) is 0.500. The standard InChI is InChI=1S/C12H17NO2/c1-2-11(13)10-5-3-4-6-12(10)15-9-7-14-8-9/h3-6,9,11H,2,7-8,13H2,1H3/t11-/m0/s1. The Labute approximate surface area is 90.2 Å². The van der Waals surface area contributed by atoms with E-state index in [0.29, 0.717) is 13.2 Å². The zero-order chi connectivity index (χ0) is 10.7. The van der Waals surface area contributed by atoms with E-state index in [-0.39, 0.29) is 12.1 Å². The molecule has 0 spiro atoms. The molecule has 1 aromatic rings. The largest absolute Gasteiger partial charge is 0.485 e. The topological polar surface area (TPSA) is 44.5 Å². The summed E-state index contributed by atoms with van der Waals surface area (Å²) in [5.74, 6) is 0.903. The van der Waals surface area contributed by atoms with Crippen molar-refractivity contribution in [2.75, 3.05) is 13.2 Å². The number of rotatable bonds is 4. The molecule has 1 heterocycles. The lowest BCUT2D eigenvalue weighted by Gasteiger charge is -2.28. The summed E-state index contributed by atoms with van der Waals surface area (Å²) in [5.41, 5.74) is 7.11. The molecular weight excluding hydrogens is 190 g/mol. The molecule has 0 unspecified atom stereocenters. The second kappa shape index (κ2) is 4.64. The van der Waals surface area contributed by atoms with Crippen LogP contribution in [-0.2, 0) is 4.74 Å². The first-order valence-corrected chi connectivity index (χ1v) is 5.40. The molecule has 0 aliphatic carbocycles. The van der Waals surface area contributed by atoms with E-state index in [9.17, 15) is 0 Å². The van der Waals surface area contributed by atoms with Gasteiger partial charge in [-0.3, -0.25) is 0 Å². The van der Waals surface area contributed by atoms with E-state index in [1.54, 1.807) is 0 Å². The van der Waals surface area contributed by atoms with Gasteiger partial charge >= 0.3 is 0 Å². The Morgan fingerprint density at radius 1 is 1.47 bits per heavy atom. The zero-order valence-corrected chi connectivity index (χ0v) is 8.98. The second-order valence-electron chi connectivity index (χ2n) is 3.83. The highest BCUT2D eigenvalue weighted by atomic mass is 16.6. The third kappa shape index (κ3) is 2.30. The lowest BCUT2D eigenvalue weighted by atomic mass is 10.0. The fourth-order valence-corrected chi connectivity index (χ4v) is 1.58. The normalized spacial score (nSPS) is 18.3. The van der Waals surface area contributed by atoms with E-state index in [1.165, 1.54) is 0 Å². The molecule has 0 bridgehead atoms. The molecule has 1 aliphatic rings. The molecule has 2 N–H and O–H groups in total. The smallest absolute Gasteiger partial charge is 0.145 e. The third-order valence-electron chi connectivity index (χ3n) is 2.66. The minimum Gasteiger partial charge on any atom is -0.485 e. The van der Waals surface area contributed by atoms with Crippen molar-refractivity contribution >= 4 is 0 Å². The van der Waals surface area contributed by atoms with Crippen LogP contribution in [-0.4, -0.2) is 19.3 Å². The highest BCUT2D eigenvalue weighted by Crippen LogP contribution is 2.27. The molecule has 2 rings (SSSR count). The maximum atomic E-state index is 6.02. The molecule has 1 atom stereocenters. The lowest BCUT2D eigenvalue weighted by molar-refractivity contribution is -0.0800. The number of ether oxygens (including phenoxy) is 2. The summed E-state index contributed by atoms with van der Waals surface area (Å²) >= 11 is 0. The van der Waals surface area contributed by atoms with Crippen molar-refractivity contribution in [3.8, 4) is 5.75 Å². The summed E-state index contributed by atoms with van der Waals surface area (Å²) < 4.78 is 10.9. The Morgan fingerprint density at radius 3 is 2.80 bits per heavy atom. The van der Waals surface area contributed by atoms with Gasteiger partial charge in [0.1, 0.15) is 11.9 Å². The van der Waals surface area contributed by atoms with Crippen LogP contribution in [0.15, 0.2) is 24.3 Å². The van der Waals surface area contributed by atoms with E-state index in [1.807, 2.05) is 24.3 Å². The number of hydrogen-bond acceptors (Lipinski definition) is 3. The van der Waals surface area contributed by atoms with Gasteiger partial charge in [0.2, 0.25) is 0 Å². The van der Waals surface area contributed by atoms with Crippen LogP contribution in [0.3, 0.4) is 0 Å². The van der Waals surface area contributed by atoms with Crippen molar-refractivity contribution in [1.82, 2.24) is 0 Å². The van der Waals surface area contributed by atoms with Gasteiger partial charge in [-0.2, -0.15) is 0 Å². The Kier molecular flexibility index (Phi) is 3.23. The molecule has 0 saturated carbocycles. The van der Waals surface area contributed by atoms with Crippen LogP contribution in [0.25, 0.3) is 0 Å². The van der Waals surface area contributed by atoms with Crippen LogP contribution in [0.4, 0.5) is 0 Å². The Morgan fingerprint density at radius 2 is 2.20 bits per heavy atom. The first kappa shape index (κ1) is 10.5. The minimum absolute atomic E-state index is 0.0576. The van der Waals surface area contributed by atoms with Gasteiger partial charge in [-0.15, -0.1) is 0 Å². The maximum Gasteiger partial charge on any atom is 0.145 e. The molecule has 0 amide bonds. The molecule has 1 aromatic carbocycles. The molecule has 3 nitrogen and oxygen atoms in total. The summed E-state index contributed by atoms with van der Waals surface area (Å²) in [5, 5.41) is 0. The summed E-state index contributed by atoms with van der Waals surface area (Å²) in [6.07, 6.45) is 1.12. The minimum atomic E-state index is 0.0576. The molecule has 0 radical (unpaired) electrons. The van der Waals surface area contributed by atoms with Gasteiger partial charge in [0.15, 0.2) is 0 Å². The number of nitrogens with two attached hydrogens (primary N) is 1. The lowest BCUT2D eigenvalue weighted by Crippen LogP contribution is -2.38. The van der Waals surface area contributed by atoms with Crippen LogP contribution < -0.4 is 10.5 Å². The predicted molar refractivity (Wildman–Crippen MR) is 58.9 cm³/mol. The molecular formula is C12H17NO2. The molecule has 82 valence electrons. The molecule has 1 fully saturated rings. The quantitative estimate of drug-likeness (QED) is 0.819. The Balaban J connectivity index is 2.13. The predicted octanol–water partition coefficient (Wildman–Crippen LogP) is 1.87. The first-order valence-electron chi connectivity index (χ1n) is 5.40. The average Bonchev–Trinajstić information content (AvgIpc) is 2.23. The summed E-state index contributed by atoms with van der Waals surface area (Å²) in [6, 6.07) is 8.03. The van der Waals surface area contributed by atoms with Gasteiger partial charge in [-0.05, 0) is 12.5 Å². The van der Waals surface area contributed by atoms with Crippen molar-refractivity contribution in [3.05, 3.63) is 29.8 Å². The molecule has 1 aliphatic heterocycles. The monoisotopic (exact) mass is 207 g/mol. The molecule has 3 heteroatoms. The van der Waals surface area contributed by atoms with Crippen LogP contribution in [0.2, 0.25) is 0 Å². The van der Waals surface area contributed by atoms with Crippen molar-refractivity contribution in [2.24, 2.45) is 5.73 Å².